The summed E-state index contributed by atoms with van der Waals surface area (Å²) in [6.45, 7) is 2.17. The molecule has 2 N–H and O–H groups in total. The zero-order chi connectivity index (χ0) is 10.7. The van der Waals surface area contributed by atoms with Gasteiger partial charge in [0.1, 0.15) is 5.75 Å². The molecule has 14 heavy (non-hydrogen) atoms. The number of rotatable bonds is 5. The van der Waals surface area contributed by atoms with Crippen LogP contribution in [0.2, 0.25) is 0 Å². The molecule has 0 aromatic carbocycles. The van der Waals surface area contributed by atoms with Crippen LogP contribution in [0.1, 0.15) is 19.8 Å². The summed E-state index contributed by atoms with van der Waals surface area (Å²) in [6, 6.07) is 0.396. The zero-order valence-corrected chi connectivity index (χ0v) is 9.55. The Hall–Kier alpha value is -0.420. The zero-order valence-electron chi connectivity index (χ0n) is 8.73. The van der Waals surface area contributed by atoms with E-state index in [9.17, 15) is 9.00 Å². The van der Waals surface area contributed by atoms with Gasteiger partial charge >= 0.3 is 0 Å². The molecule has 1 fully saturated rings. The molecule has 4 nitrogen and oxygen atoms in total. The van der Waals surface area contributed by atoms with E-state index in [0.29, 0.717) is 12.6 Å². The molecule has 1 saturated carbocycles. The largest absolute Gasteiger partial charge is 0.342 e. The Balaban J connectivity index is 2.35. The second-order valence-corrected chi connectivity index (χ2v) is 5.66. The fourth-order valence-electron chi connectivity index (χ4n) is 1.14. The van der Waals surface area contributed by atoms with Crippen LogP contribution in [0.4, 0.5) is 0 Å². The highest BCUT2D eigenvalue weighted by atomic mass is 32.2. The number of carbonyl (C=O) groups is 1. The highest BCUT2D eigenvalue weighted by molar-refractivity contribution is 7.86. The maximum Gasteiger partial charge on any atom is 0.235 e. The van der Waals surface area contributed by atoms with E-state index in [0.717, 1.165) is 12.8 Å². The second kappa shape index (κ2) is 4.89. The Bertz CT molecular complexity index is 241. The van der Waals surface area contributed by atoms with E-state index in [1.165, 1.54) is 0 Å². The number of amides is 1. The maximum absolute atomic E-state index is 11.5. The van der Waals surface area contributed by atoms with Crippen molar-refractivity contribution in [3.8, 4) is 0 Å². The molecule has 0 bridgehead atoms. The lowest BCUT2D eigenvalue weighted by atomic mass is 10.5. The summed E-state index contributed by atoms with van der Waals surface area (Å²) in [5, 5.41) is -0.0912. The first kappa shape index (κ1) is 11.7. The first-order valence-electron chi connectivity index (χ1n) is 4.89. The van der Waals surface area contributed by atoms with Gasteiger partial charge in [-0.25, -0.2) is 0 Å². The molecule has 1 amide bonds. The third kappa shape index (κ3) is 3.06. The Morgan fingerprint density at radius 3 is 2.64 bits per heavy atom. The van der Waals surface area contributed by atoms with E-state index < -0.39 is 10.8 Å². The van der Waals surface area contributed by atoms with Gasteiger partial charge in [0.15, 0.2) is 0 Å². The average Bonchev–Trinajstić information content (AvgIpc) is 2.98. The van der Waals surface area contributed by atoms with E-state index >= 15 is 0 Å². The van der Waals surface area contributed by atoms with Gasteiger partial charge in [-0.1, -0.05) is 0 Å². The van der Waals surface area contributed by atoms with Gasteiger partial charge < -0.3 is 10.6 Å². The van der Waals surface area contributed by atoms with Crippen molar-refractivity contribution in [2.75, 3.05) is 19.3 Å². The van der Waals surface area contributed by atoms with Crippen LogP contribution in [0, 0.1) is 0 Å². The van der Waals surface area contributed by atoms with E-state index in [1.807, 2.05) is 0 Å². The Morgan fingerprint density at radius 2 is 2.21 bits per heavy atom. The molecule has 5 heteroatoms. The van der Waals surface area contributed by atoms with Crippen molar-refractivity contribution in [1.82, 2.24) is 4.90 Å². The van der Waals surface area contributed by atoms with Crippen LogP contribution in [0.25, 0.3) is 0 Å². The van der Waals surface area contributed by atoms with Crippen molar-refractivity contribution >= 4 is 16.7 Å². The normalized spacial score (nSPS) is 20.2. The molecule has 0 aliphatic heterocycles. The third-order valence-corrected chi connectivity index (χ3v) is 4.16. The number of hydrogen-bond donors (Lipinski definition) is 1. The minimum absolute atomic E-state index is 0.0221. The molecule has 0 heterocycles. The van der Waals surface area contributed by atoms with Crippen LogP contribution in [-0.4, -0.2) is 45.7 Å². The molecule has 0 radical (unpaired) electrons. The van der Waals surface area contributed by atoms with E-state index in [1.54, 1.807) is 18.9 Å². The summed E-state index contributed by atoms with van der Waals surface area (Å²) in [5.41, 5.74) is 5.38. The number of nitrogens with two attached hydrogens (primary N) is 1. The molecule has 2 atom stereocenters. The molecule has 0 spiro atoms. The molecule has 0 aromatic rings. The van der Waals surface area contributed by atoms with Gasteiger partial charge in [-0.05, 0) is 19.8 Å². The molecule has 0 aromatic heterocycles. The SMILES string of the molecule is CC(CN)S(=O)CC(=O)N(C)C1CC1. The van der Waals surface area contributed by atoms with E-state index in [-0.39, 0.29) is 16.9 Å². The average molecular weight is 218 g/mol. The van der Waals surface area contributed by atoms with Crippen molar-refractivity contribution in [2.45, 2.75) is 31.1 Å². The summed E-state index contributed by atoms with van der Waals surface area (Å²) < 4.78 is 11.5. The first-order chi connectivity index (χ1) is 6.56. The van der Waals surface area contributed by atoms with Crippen molar-refractivity contribution in [3.63, 3.8) is 0 Å². The second-order valence-electron chi connectivity index (χ2n) is 3.81. The van der Waals surface area contributed by atoms with Crippen molar-refractivity contribution in [2.24, 2.45) is 5.73 Å². The van der Waals surface area contributed by atoms with Crippen LogP contribution in [0.15, 0.2) is 0 Å². The maximum atomic E-state index is 11.5. The van der Waals surface area contributed by atoms with Gasteiger partial charge in [-0.3, -0.25) is 9.00 Å². The molecule has 2 unspecified atom stereocenters. The highest BCUT2D eigenvalue weighted by Crippen LogP contribution is 2.25. The molecule has 1 rings (SSSR count). The summed E-state index contributed by atoms with van der Waals surface area (Å²) in [7, 11) is 0.662. The fourth-order valence-corrected chi connectivity index (χ4v) is 2.08. The van der Waals surface area contributed by atoms with Gasteiger partial charge in [0.25, 0.3) is 0 Å². The Morgan fingerprint density at radius 1 is 1.64 bits per heavy atom. The van der Waals surface area contributed by atoms with Crippen LogP contribution in [-0.2, 0) is 15.6 Å². The number of nitrogens with zero attached hydrogens (tertiary/aromatic N) is 1. The minimum Gasteiger partial charge on any atom is -0.342 e. The van der Waals surface area contributed by atoms with E-state index in [2.05, 4.69) is 0 Å². The summed E-state index contributed by atoms with van der Waals surface area (Å²) in [6.07, 6.45) is 2.17. The van der Waals surface area contributed by atoms with Crippen molar-refractivity contribution in [3.05, 3.63) is 0 Å². The third-order valence-electron chi connectivity index (χ3n) is 2.53. The predicted octanol–water partition coefficient (Wildman–Crippen LogP) is -0.297. The number of hydrogen-bond acceptors (Lipinski definition) is 3. The topological polar surface area (TPSA) is 63.4 Å². The van der Waals surface area contributed by atoms with Crippen molar-refractivity contribution < 1.29 is 9.00 Å². The Labute approximate surface area is 87.3 Å². The van der Waals surface area contributed by atoms with Crippen LogP contribution in [0.5, 0.6) is 0 Å². The smallest absolute Gasteiger partial charge is 0.235 e. The van der Waals surface area contributed by atoms with Crippen LogP contribution >= 0.6 is 0 Å². The number of carbonyl (C=O) groups excluding carboxylic acids is 1. The molecular formula is C9H18N2O2S. The van der Waals surface area contributed by atoms with E-state index in [4.69, 9.17) is 5.73 Å². The lowest BCUT2D eigenvalue weighted by Gasteiger charge is -2.17. The molecule has 1 aliphatic carbocycles. The molecular weight excluding hydrogens is 200 g/mol. The van der Waals surface area contributed by atoms with Gasteiger partial charge in [-0.15, -0.1) is 0 Å². The highest BCUT2D eigenvalue weighted by Gasteiger charge is 2.30. The first-order valence-corrected chi connectivity index (χ1v) is 6.27. The summed E-state index contributed by atoms with van der Waals surface area (Å²) in [5.74, 6) is 0.0943. The van der Waals surface area contributed by atoms with Crippen LogP contribution in [0.3, 0.4) is 0 Å². The van der Waals surface area contributed by atoms with Gasteiger partial charge in [-0.2, -0.15) is 0 Å². The molecule has 0 saturated heterocycles. The summed E-state index contributed by atoms with van der Waals surface area (Å²) >= 11 is 0. The Kier molecular flexibility index (Phi) is 4.07. The summed E-state index contributed by atoms with van der Waals surface area (Å²) in [4.78, 5) is 13.3. The molecule has 1 aliphatic rings. The van der Waals surface area contributed by atoms with Crippen molar-refractivity contribution in [1.29, 1.82) is 0 Å². The standard InChI is InChI=1S/C9H18N2O2S/c1-7(5-10)14(13)6-9(12)11(2)8-3-4-8/h7-8H,3-6,10H2,1-2H3. The van der Waals surface area contributed by atoms with Gasteiger partial charge in [0.05, 0.1) is 0 Å². The fraction of sp³-hybridized carbons (Fsp3) is 0.889. The van der Waals surface area contributed by atoms with Gasteiger partial charge in [0, 0.05) is 35.7 Å². The predicted molar refractivity (Wildman–Crippen MR) is 57.3 cm³/mol. The monoisotopic (exact) mass is 218 g/mol. The lowest BCUT2D eigenvalue weighted by Crippen LogP contribution is -2.35. The lowest BCUT2D eigenvalue weighted by molar-refractivity contribution is -0.127. The minimum atomic E-state index is -1.12. The van der Waals surface area contributed by atoms with Crippen LogP contribution < -0.4 is 5.73 Å². The molecule has 82 valence electrons. The van der Waals surface area contributed by atoms with Gasteiger partial charge in [0.2, 0.25) is 5.91 Å². The quantitative estimate of drug-likeness (QED) is 0.689.